The fraction of sp³-hybridized carbons (Fsp3) is 0.333. The smallest absolute Gasteiger partial charge is 0.255 e. The van der Waals surface area contributed by atoms with E-state index in [1.807, 2.05) is 41.3 Å². The van der Waals surface area contributed by atoms with Gasteiger partial charge in [0.2, 0.25) is 5.91 Å². The minimum absolute atomic E-state index is 0.0148. The predicted octanol–water partition coefficient (Wildman–Crippen LogP) is 3.70. The number of nitrogens with one attached hydrogen (secondary N) is 2. The highest BCUT2D eigenvalue weighted by molar-refractivity contribution is 6.03. The van der Waals surface area contributed by atoms with Crippen molar-refractivity contribution >= 4 is 22.7 Å². The van der Waals surface area contributed by atoms with Crippen molar-refractivity contribution in [2.75, 3.05) is 0 Å². The summed E-state index contributed by atoms with van der Waals surface area (Å²) < 4.78 is 0. The summed E-state index contributed by atoms with van der Waals surface area (Å²) in [6.07, 6.45) is 4.95. The number of carbonyl (C=O) groups is 2. The number of para-hydroxylation sites is 1. The number of hydrogen-bond acceptors (Lipinski definition) is 2. The lowest BCUT2D eigenvalue weighted by Gasteiger charge is -2.37. The molecule has 3 heterocycles. The van der Waals surface area contributed by atoms with E-state index in [-0.39, 0.29) is 23.9 Å². The molecule has 6 rings (SSSR count). The van der Waals surface area contributed by atoms with Gasteiger partial charge in [-0.3, -0.25) is 9.59 Å². The van der Waals surface area contributed by atoms with E-state index in [4.69, 9.17) is 0 Å². The third kappa shape index (κ3) is 2.40. The van der Waals surface area contributed by atoms with Crippen molar-refractivity contribution in [2.24, 2.45) is 0 Å². The number of amides is 2. The molecule has 0 radical (unpaired) electrons. The second kappa shape index (κ2) is 6.21. The Balaban J connectivity index is 1.49. The molecule has 2 N–H and O–H groups in total. The van der Waals surface area contributed by atoms with Gasteiger partial charge in [0.15, 0.2) is 0 Å². The van der Waals surface area contributed by atoms with Crippen LogP contribution >= 0.6 is 0 Å². The van der Waals surface area contributed by atoms with Crippen molar-refractivity contribution in [3.8, 4) is 0 Å². The molecule has 3 aliphatic rings. The Labute approximate surface area is 169 Å². The van der Waals surface area contributed by atoms with Crippen molar-refractivity contribution in [1.82, 2.24) is 15.2 Å². The minimum atomic E-state index is -0.479. The Morgan fingerprint density at radius 2 is 1.79 bits per heavy atom. The fourth-order valence-electron chi connectivity index (χ4n) is 5.50. The summed E-state index contributed by atoms with van der Waals surface area (Å²) in [5.41, 5.74) is 4.98. The van der Waals surface area contributed by atoms with E-state index >= 15 is 0 Å². The topological polar surface area (TPSA) is 65.2 Å². The number of rotatable bonds is 2. The number of aromatic nitrogens is 1. The van der Waals surface area contributed by atoms with Crippen LogP contribution in [-0.4, -0.2) is 33.8 Å². The molecular weight excluding hydrogens is 362 g/mol. The average molecular weight is 385 g/mol. The van der Waals surface area contributed by atoms with E-state index in [9.17, 15) is 9.59 Å². The Kier molecular flexibility index (Phi) is 3.60. The molecule has 1 saturated carbocycles. The molecule has 0 unspecified atom stereocenters. The zero-order valence-electron chi connectivity index (χ0n) is 16.2. The van der Waals surface area contributed by atoms with E-state index < -0.39 is 6.04 Å². The van der Waals surface area contributed by atoms with Gasteiger partial charge in [0, 0.05) is 34.6 Å². The standard InChI is InChI=1S/C24H23N3O2/c28-23(25-14-7-1-2-8-14)20-13-18-15-9-5-6-12-19(15)26-21(18)22-16-10-3-4-11-17(16)24(29)27(20)22/h3-6,9-12,14,20,22,26H,1-2,7-8,13H2,(H,25,28)/t20-,22+/m0/s1. The first-order chi connectivity index (χ1) is 14.2. The number of fused-ring (bicyclic) bond motifs is 7. The van der Waals surface area contributed by atoms with Crippen LogP contribution in [0.2, 0.25) is 0 Å². The van der Waals surface area contributed by atoms with Gasteiger partial charge < -0.3 is 15.2 Å². The maximum Gasteiger partial charge on any atom is 0.255 e. The molecule has 2 amide bonds. The number of hydrogen-bond donors (Lipinski definition) is 2. The lowest BCUT2D eigenvalue weighted by atomic mass is 9.90. The van der Waals surface area contributed by atoms with Gasteiger partial charge in [-0.05, 0) is 36.1 Å². The van der Waals surface area contributed by atoms with Crippen LogP contribution in [0.15, 0.2) is 48.5 Å². The van der Waals surface area contributed by atoms with E-state index in [2.05, 4.69) is 22.4 Å². The number of aromatic amines is 1. The molecule has 2 atom stereocenters. The summed E-state index contributed by atoms with van der Waals surface area (Å²) in [5.74, 6) is -0.0551. The highest BCUT2D eigenvalue weighted by Crippen LogP contribution is 2.46. The molecule has 5 heteroatoms. The average Bonchev–Trinajstić information content (AvgIpc) is 3.45. The largest absolute Gasteiger partial charge is 0.356 e. The molecule has 29 heavy (non-hydrogen) atoms. The van der Waals surface area contributed by atoms with Gasteiger partial charge in [0.1, 0.15) is 6.04 Å². The van der Waals surface area contributed by atoms with E-state index in [1.165, 1.54) is 12.8 Å². The molecule has 0 bridgehead atoms. The van der Waals surface area contributed by atoms with Crippen molar-refractivity contribution < 1.29 is 9.59 Å². The quantitative estimate of drug-likeness (QED) is 0.706. The first-order valence-electron chi connectivity index (χ1n) is 10.5. The molecule has 146 valence electrons. The lowest BCUT2D eigenvalue weighted by molar-refractivity contribution is -0.127. The van der Waals surface area contributed by atoms with Crippen molar-refractivity contribution in [2.45, 2.75) is 50.2 Å². The van der Waals surface area contributed by atoms with Gasteiger partial charge in [-0.2, -0.15) is 0 Å². The van der Waals surface area contributed by atoms with Gasteiger partial charge >= 0.3 is 0 Å². The molecule has 0 saturated heterocycles. The molecule has 5 nitrogen and oxygen atoms in total. The second-order valence-electron chi connectivity index (χ2n) is 8.47. The summed E-state index contributed by atoms with van der Waals surface area (Å²) in [5, 5.41) is 4.39. The minimum Gasteiger partial charge on any atom is -0.356 e. The highest BCUT2D eigenvalue weighted by Gasteiger charge is 2.49. The van der Waals surface area contributed by atoms with Crippen LogP contribution in [0.25, 0.3) is 10.9 Å². The molecular formula is C24H23N3O2. The van der Waals surface area contributed by atoms with E-state index in [0.29, 0.717) is 12.0 Å². The first-order valence-corrected chi connectivity index (χ1v) is 10.5. The monoisotopic (exact) mass is 385 g/mol. The number of H-pyrrole nitrogens is 1. The third-order valence-electron chi connectivity index (χ3n) is 6.86. The van der Waals surface area contributed by atoms with Gasteiger partial charge in [-0.1, -0.05) is 49.2 Å². The Morgan fingerprint density at radius 3 is 2.66 bits per heavy atom. The molecule has 2 aliphatic heterocycles. The third-order valence-corrected chi connectivity index (χ3v) is 6.86. The number of benzene rings is 2. The Hall–Kier alpha value is -3.08. The highest BCUT2D eigenvalue weighted by atomic mass is 16.2. The predicted molar refractivity (Wildman–Crippen MR) is 111 cm³/mol. The summed E-state index contributed by atoms with van der Waals surface area (Å²) in [6.45, 7) is 0. The molecule has 1 fully saturated rings. The van der Waals surface area contributed by atoms with Crippen LogP contribution in [0.3, 0.4) is 0 Å². The Morgan fingerprint density at radius 1 is 1.03 bits per heavy atom. The first kappa shape index (κ1) is 16.8. The van der Waals surface area contributed by atoms with Crippen LogP contribution in [0.4, 0.5) is 0 Å². The molecule has 0 spiro atoms. The van der Waals surface area contributed by atoms with Crippen LogP contribution < -0.4 is 5.32 Å². The molecule has 3 aromatic rings. The van der Waals surface area contributed by atoms with Crippen molar-refractivity contribution in [3.05, 3.63) is 70.9 Å². The van der Waals surface area contributed by atoms with E-state index in [0.717, 1.165) is 40.6 Å². The normalized spacial score (nSPS) is 23.2. The molecule has 1 aromatic heterocycles. The van der Waals surface area contributed by atoms with Gasteiger partial charge in [0.25, 0.3) is 5.91 Å². The van der Waals surface area contributed by atoms with Crippen molar-refractivity contribution in [1.29, 1.82) is 0 Å². The number of carbonyl (C=O) groups excluding carboxylic acids is 2. The summed E-state index contributed by atoms with van der Waals surface area (Å²) in [6, 6.07) is 15.5. The summed E-state index contributed by atoms with van der Waals surface area (Å²) in [4.78, 5) is 32.1. The molecule has 1 aliphatic carbocycles. The van der Waals surface area contributed by atoms with Crippen LogP contribution in [0.1, 0.15) is 58.9 Å². The maximum atomic E-state index is 13.3. The van der Waals surface area contributed by atoms with Crippen LogP contribution in [-0.2, 0) is 11.2 Å². The SMILES string of the molecule is O=C(NC1CCCC1)[C@@H]1Cc2c([nH]c3ccccc23)[C@H]2c3ccccc3C(=O)N21. The van der Waals surface area contributed by atoms with Gasteiger partial charge in [-0.25, -0.2) is 0 Å². The maximum absolute atomic E-state index is 13.3. The van der Waals surface area contributed by atoms with E-state index in [1.54, 1.807) is 0 Å². The van der Waals surface area contributed by atoms with Crippen LogP contribution in [0.5, 0.6) is 0 Å². The number of nitrogens with zero attached hydrogens (tertiary/aromatic N) is 1. The van der Waals surface area contributed by atoms with Gasteiger partial charge in [0.05, 0.1) is 6.04 Å². The van der Waals surface area contributed by atoms with Gasteiger partial charge in [-0.15, -0.1) is 0 Å². The van der Waals surface area contributed by atoms with Crippen molar-refractivity contribution in [3.63, 3.8) is 0 Å². The second-order valence-corrected chi connectivity index (χ2v) is 8.47. The zero-order chi connectivity index (χ0) is 19.5. The fourth-order valence-corrected chi connectivity index (χ4v) is 5.50. The Bertz CT molecular complexity index is 1140. The summed E-state index contributed by atoms with van der Waals surface area (Å²) >= 11 is 0. The van der Waals surface area contributed by atoms with Crippen LogP contribution in [0, 0.1) is 0 Å². The summed E-state index contributed by atoms with van der Waals surface area (Å²) in [7, 11) is 0. The molecule has 2 aromatic carbocycles. The lowest BCUT2D eigenvalue weighted by Crippen LogP contribution is -2.53. The zero-order valence-corrected chi connectivity index (χ0v) is 16.2.